The van der Waals surface area contributed by atoms with E-state index in [0.717, 1.165) is 33.4 Å². The first-order chi connectivity index (χ1) is 14.0. The molecule has 0 spiro atoms. The molecule has 1 aliphatic carbocycles. The predicted molar refractivity (Wildman–Crippen MR) is 117 cm³/mol. The van der Waals surface area contributed by atoms with E-state index in [1.54, 1.807) is 24.3 Å². The van der Waals surface area contributed by atoms with Crippen LogP contribution in [0.5, 0.6) is 11.5 Å². The lowest BCUT2D eigenvalue weighted by Gasteiger charge is -2.34. The normalized spacial score (nSPS) is 13.7. The lowest BCUT2D eigenvalue weighted by molar-refractivity contribution is 0.475. The van der Waals surface area contributed by atoms with Crippen molar-refractivity contribution in [3.8, 4) is 22.6 Å². The molecule has 2 N–H and O–H groups in total. The Morgan fingerprint density at radius 2 is 0.897 bits per heavy atom. The van der Waals surface area contributed by atoms with E-state index in [9.17, 15) is 10.2 Å². The van der Waals surface area contributed by atoms with Gasteiger partial charge in [-0.25, -0.2) is 0 Å². The third-order valence-electron chi connectivity index (χ3n) is 5.66. The van der Waals surface area contributed by atoms with E-state index in [1.165, 1.54) is 0 Å². The number of benzene rings is 4. The molecule has 4 heteroatoms. The van der Waals surface area contributed by atoms with E-state index >= 15 is 0 Å². The van der Waals surface area contributed by atoms with Crippen molar-refractivity contribution in [2.45, 2.75) is 5.41 Å². The second kappa shape index (κ2) is 6.55. The van der Waals surface area contributed by atoms with E-state index in [1.807, 2.05) is 60.7 Å². The van der Waals surface area contributed by atoms with Gasteiger partial charge >= 0.3 is 0 Å². The highest BCUT2D eigenvalue weighted by molar-refractivity contribution is 6.31. The molecule has 5 rings (SSSR count). The molecule has 4 aromatic carbocycles. The molecule has 0 aliphatic heterocycles. The lowest BCUT2D eigenvalue weighted by Crippen LogP contribution is -2.28. The van der Waals surface area contributed by atoms with Gasteiger partial charge in [0, 0.05) is 10.0 Å². The van der Waals surface area contributed by atoms with Crippen molar-refractivity contribution in [2.75, 3.05) is 0 Å². The van der Waals surface area contributed by atoms with Gasteiger partial charge in [-0.15, -0.1) is 0 Å². The summed E-state index contributed by atoms with van der Waals surface area (Å²) in [6.45, 7) is 0. The van der Waals surface area contributed by atoms with E-state index < -0.39 is 5.41 Å². The molecule has 0 amide bonds. The van der Waals surface area contributed by atoms with Gasteiger partial charge in [0.15, 0.2) is 0 Å². The van der Waals surface area contributed by atoms with Crippen molar-refractivity contribution in [2.24, 2.45) is 0 Å². The van der Waals surface area contributed by atoms with Crippen LogP contribution in [0, 0.1) is 0 Å². The maximum Gasteiger partial charge on any atom is 0.115 e. The van der Waals surface area contributed by atoms with Crippen molar-refractivity contribution < 1.29 is 10.2 Å². The Morgan fingerprint density at radius 1 is 0.517 bits per heavy atom. The second-order valence-corrected chi connectivity index (χ2v) is 8.10. The lowest BCUT2D eigenvalue weighted by atomic mass is 9.68. The van der Waals surface area contributed by atoms with E-state index in [0.29, 0.717) is 10.0 Å². The summed E-state index contributed by atoms with van der Waals surface area (Å²) in [4.78, 5) is 0. The number of halogens is 2. The van der Waals surface area contributed by atoms with Gasteiger partial charge in [-0.2, -0.15) is 0 Å². The van der Waals surface area contributed by atoms with Crippen LogP contribution in [0.3, 0.4) is 0 Å². The van der Waals surface area contributed by atoms with Gasteiger partial charge in [-0.3, -0.25) is 0 Å². The van der Waals surface area contributed by atoms with Gasteiger partial charge in [0.05, 0.1) is 5.41 Å². The van der Waals surface area contributed by atoms with Crippen LogP contribution in [0.25, 0.3) is 11.1 Å². The number of aromatic hydroxyl groups is 2. The first-order valence-corrected chi connectivity index (χ1v) is 9.95. The van der Waals surface area contributed by atoms with E-state index in [2.05, 4.69) is 0 Å². The average Bonchev–Trinajstić information content (AvgIpc) is 2.99. The standard InChI is InChI=1S/C25H16Cl2O2/c26-17-5-11-23-21(13-17)22-14-18(27)6-12-24(22)25(23,15-1-7-19(28)8-2-15)16-3-9-20(29)10-4-16/h1-14,28-29H. The molecule has 29 heavy (non-hydrogen) atoms. The average molecular weight is 419 g/mol. The van der Waals surface area contributed by atoms with Gasteiger partial charge in [-0.1, -0.05) is 59.6 Å². The summed E-state index contributed by atoms with van der Waals surface area (Å²) in [5.41, 5.74) is 5.59. The highest BCUT2D eigenvalue weighted by Crippen LogP contribution is 2.57. The summed E-state index contributed by atoms with van der Waals surface area (Å²) < 4.78 is 0. The summed E-state index contributed by atoms with van der Waals surface area (Å²) in [7, 11) is 0. The van der Waals surface area contributed by atoms with Gasteiger partial charge in [-0.05, 0) is 81.9 Å². The maximum absolute atomic E-state index is 9.89. The summed E-state index contributed by atoms with van der Waals surface area (Å²) in [6, 6.07) is 26.3. The predicted octanol–water partition coefficient (Wildman–Crippen LogP) is 6.77. The minimum absolute atomic E-state index is 0.209. The Bertz CT molecular complexity index is 1130. The highest BCUT2D eigenvalue weighted by atomic mass is 35.5. The molecule has 4 aromatic rings. The smallest absolute Gasteiger partial charge is 0.115 e. The molecular formula is C25H16Cl2O2. The molecule has 0 heterocycles. The number of hydrogen-bond acceptors (Lipinski definition) is 2. The van der Waals surface area contributed by atoms with Crippen LogP contribution in [0.2, 0.25) is 10.0 Å². The topological polar surface area (TPSA) is 40.5 Å². The highest BCUT2D eigenvalue weighted by Gasteiger charge is 2.46. The maximum atomic E-state index is 9.89. The summed E-state index contributed by atoms with van der Waals surface area (Å²) >= 11 is 12.7. The Labute approximate surface area is 178 Å². The summed E-state index contributed by atoms with van der Waals surface area (Å²) in [6.07, 6.45) is 0. The zero-order chi connectivity index (χ0) is 20.2. The number of fused-ring (bicyclic) bond motifs is 3. The third kappa shape index (κ3) is 2.64. The number of hydrogen-bond donors (Lipinski definition) is 2. The van der Waals surface area contributed by atoms with Gasteiger partial charge in [0.1, 0.15) is 11.5 Å². The fourth-order valence-electron chi connectivity index (χ4n) is 4.49. The SMILES string of the molecule is Oc1ccc(C2(c3ccc(O)cc3)c3ccc(Cl)cc3-c3cc(Cl)ccc32)cc1. The quantitative estimate of drug-likeness (QED) is 0.332. The van der Waals surface area contributed by atoms with Crippen LogP contribution < -0.4 is 0 Å². The Kier molecular flexibility index (Phi) is 4.09. The molecule has 0 bridgehead atoms. The Balaban J connectivity index is 1.95. The minimum Gasteiger partial charge on any atom is -0.508 e. The molecule has 2 nitrogen and oxygen atoms in total. The van der Waals surface area contributed by atoms with Crippen LogP contribution in [0.1, 0.15) is 22.3 Å². The fraction of sp³-hybridized carbons (Fsp3) is 0.0400. The molecular weight excluding hydrogens is 403 g/mol. The minimum atomic E-state index is -0.624. The number of phenols is 2. The zero-order valence-corrected chi connectivity index (χ0v) is 16.7. The van der Waals surface area contributed by atoms with Crippen LogP contribution in [0.4, 0.5) is 0 Å². The molecule has 0 radical (unpaired) electrons. The number of rotatable bonds is 2. The van der Waals surface area contributed by atoms with Gasteiger partial charge < -0.3 is 10.2 Å². The van der Waals surface area contributed by atoms with Crippen LogP contribution in [-0.2, 0) is 5.41 Å². The molecule has 1 aliphatic rings. The third-order valence-corrected chi connectivity index (χ3v) is 6.13. The van der Waals surface area contributed by atoms with Crippen molar-refractivity contribution in [1.82, 2.24) is 0 Å². The Morgan fingerprint density at radius 3 is 1.28 bits per heavy atom. The molecule has 0 unspecified atom stereocenters. The van der Waals surface area contributed by atoms with Crippen LogP contribution in [-0.4, -0.2) is 10.2 Å². The molecule has 0 fully saturated rings. The molecule has 0 saturated carbocycles. The molecule has 142 valence electrons. The Hall–Kier alpha value is -2.94. The van der Waals surface area contributed by atoms with Gasteiger partial charge in [0.25, 0.3) is 0 Å². The fourth-order valence-corrected chi connectivity index (χ4v) is 4.83. The van der Waals surface area contributed by atoms with Crippen molar-refractivity contribution in [3.63, 3.8) is 0 Å². The monoisotopic (exact) mass is 418 g/mol. The van der Waals surface area contributed by atoms with Crippen molar-refractivity contribution >= 4 is 23.2 Å². The largest absolute Gasteiger partial charge is 0.508 e. The van der Waals surface area contributed by atoms with Crippen LogP contribution >= 0.6 is 23.2 Å². The first kappa shape index (κ1) is 18.1. The van der Waals surface area contributed by atoms with Crippen LogP contribution in [0.15, 0.2) is 84.9 Å². The van der Waals surface area contributed by atoms with E-state index in [4.69, 9.17) is 23.2 Å². The van der Waals surface area contributed by atoms with Crippen molar-refractivity contribution in [1.29, 1.82) is 0 Å². The van der Waals surface area contributed by atoms with Gasteiger partial charge in [0.2, 0.25) is 0 Å². The molecule has 0 aromatic heterocycles. The van der Waals surface area contributed by atoms with Crippen molar-refractivity contribution in [3.05, 3.63) is 117 Å². The summed E-state index contributed by atoms with van der Waals surface area (Å²) in [5.74, 6) is 0.417. The number of phenolic OH excluding ortho intramolecular Hbond substituents is 2. The molecule has 0 saturated heterocycles. The zero-order valence-electron chi connectivity index (χ0n) is 15.2. The first-order valence-electron chi connectivity index (χ1n) is 9.19. The summed E-state index contributed by atoms with van der Waals surface area (Å²) in [5, 5.41) is 21.1. The van der Waals surface area contributed by atoms with E-state index in [-0.39, 0.29) is 11.5 Å². The second-order valence-electron chi connectivity index (χ2n) is 7.22. The molecule has 0 atom stereocenters.